The van der Waals surface area contributed by atoms with Crippen LogP contribution in [0, 0.1) is 13.8 Å². The molecule has 2 aromatic rings. The fourth-order valence-electron chi connectivity index (χ4n) is 2.86. The predicted molar refractivity (Wildman–Crippen MR) is 108 cm³/mol. The van der Waals surface area contributed by atoms with Crippen LogP contribution in [0.4, 0.5) is 5.69 Å². The molecule has 132 valence electrons. The van der Waals surface area contributed by atoms with Crippen molar-refractivity contribution in [1.82, 2.24) is 0 Å². The number of nitrogens with zero attached hydrogens (tertiary/aromatic N) is 1. The molecule has 0 aliphatic carbocycles. The van der Waals surface area contributed by atoms with Crippen LogP contribution in [0.2, 0.25) is 0 Å². The molecule has 0 aromatic heterocycles. The maximum absolute atomic E-state index is 13.1. The van der Waals surface area contributed by atoms with Gasteiger partial charge in [0.1, 0.15) is 10.7 Å². The number of para-hydroxylation sites is 1. The number of esters is 1. The lowest BCUT2D eigenvalue weighted by molar-refractivity contribution is -0.143. The third kappa shape index (κ3) is 4.81. The summed E-state index contributed by atoms with van der Waals surface area (Å²) in [5, 5.41) is 0. The average molecular weight is 451 g/mol. The second kappa shape index (κ2) is 8.99. The zero-order valence-electron chi connectivity index (χ0n) is 14.7. The van der Waals surface area contributed by atoms with E-state index in [2.05, 4.69) is 0 Å². The molecule has 1 unspecified atom stereocenters. The van der Waals surface area contributed by atoms with Crippen LogP contribution < -0.4 is 4.90 Å². The number of aryl methyl sites for hydroxylation is 2. The Hall–Kier alpha value is -1.89. The van der Waals surface area contributed by atoms with Crippen molar-refractivity contribution in [1.29, 1.82) is 0 Å². The largest absolute Gasteiger partial charge is 0.453 e. The number of ether oxygens (including phenoxy) is 1. The second-order valence-corrected chi connectivity index (χ2v) is 6.54. The lowest BCUT2D eigenvalue weighted by Crippen LogP contribution is -2.45. The Labute approximate surface area is 162 Å². The normalized spacial score (nSPS) is 11.7. The smallest absolute Gasteiger partial charge is 0.329 e. The van der Waals surface area contributed by atoms with E-state index in [1.807, 2.05) is 85.0 Å². The molecule has 0 fully saturated rings. The van der Waals surface area contributed by atoms with Crippen molar-refractivity contribution in [3.05, 3.63) is 65.2 Å². The Balaban J connectivity index is 2.41. The molecule has 1 atom stereocenters. The predicted octanol–water partition coefficient (Wildman–Crippen LogP) is 4.20. The Morgan fingerprint density at radius 2 is 1.64 bits per heavy atom. The first kappa shape index (κ1) is 19.4. The van der Waals surface area contributed by atoms with E-state index in [0.29, 0.717) is 0 Å². The van der Waals surface area contributed by atoms with E-state index >= 15 is 0 Å². The second-order valence-electron chi connectivity index (χ2n) is 5.91. The van der Waals surface area contributed by atoms with Crippen LogP contribution in [0.25, 0.3) is 0 Å². The highest BCUT2D eigenvalue weighted by molar-refractivity contribution is 14.1. The van der Waals surface area contributed by atoms with Gasteiger partial charge in [0.05, 0.1) is 12.1 Å². The van der Waals surface area contributed by atoms with Crippen molar-refractivity contribution in [2.24, 2.45) is 0 Å². The zero-order chi connectivity index (χ0) is 18.4. The number of amides is 1. The lowest BCUT2D eigenvalue weighted by atomic mass is 10.0. The highest BCUT2D eigenvalue weighted by Crippen LogP contribution is 2.28. The zero-order valence-corrected chi connectivity index (χ0v) is 16.8. The molecular weight excluding hydrogens is 429 g/mol. The van der Waals surface area contributed by atoms with Crippen molar-refractivity contribution in [2.75, 3.05) is 9.51 Å². The summed E-state index contributed by atoms with van der Waals surface area (Å²) in [6.45, 7) is 5.60. The van der Waals surface area contributed by atoms with Gasteiger partial charge in [-0.1, -0.05) is 48.5 Å². The highest BCUT2D eigenvalue weighted by Gasteiger charge is 2.30. The van der Waals surface area contributed by atoms with E-state index < -0.39 is 12.0 Å². The Morgan fingerprint density at radius 1 is 1.04 bits per heavy atom. The molecule has 0 N–H and O–H groups in total. The number of carbonyl (C=O) groups is 2. The topological polar surface area (TPSA) is 46.6 Å². The Bertz CT molecular complexity index is 726. The van der Waals surface area contributed by atoms with Gasteiger partial charge < -0.3 is 4.74 Å². The molecule has 4 nitrogen and oxygen atoms in total. The first-order valence-corrected chi connectivity index (χ1v) is 9.63. The molecule has 0 bridgehead atoms. The number of rotatable bonds is 6. The summed E-state index contributed by atoms with van der Waals surface area (Å²) in [6, 6.07) is 14.7. The lowest BCUT2D eigenvalue weighted by Gasteiger charge is -2.30. The van der Waals surface area contributed by atoms with Gasteiger partial charge in [0.2, 0.25) is 5.91 Å². The van der Waals surface area contributed by atoms with Gasteiger partial charge in [-0.2, -0.15) is 0 Å². The van der Waals surface area contributed by atoms with E-state index in [9.17, 15) is 9.59 Å². The molecule has 2 rings (SSSR count). The number of alkyl halides is 1. The average Bonchev–Trinajstić information content (AvgIpc) is 2.58. The van der Waals surface area contributed by atoms with Gasteiger partial charge in [0.25, 0.3) is 0 Å². The third-order valence-corrected chi connectivity index (χ3v) is 4.38. The quantitative estimate of drug-likeness (QED) is 0.376. The maximum atomic E-state index is 13.1. The number of benzene rings is 2. The van der Waals surface area contributed by atoms with Gasteiger partial charge in [-0.05, 0) is 60.1 Å². The molecule has 0 spiro atoms. The van der Waals surface area contributed by atoms with Crippen LogP contribution in [0.1, 0.15) is 23.6 Å². The van der Waals surface area contributed by atoms with Crippen LogP contribution in [0.3, 0.4) is 0 Å². The molecule has 0 aliphatic heterocycles. The van der Waals surface area contributed by atoms with Crippen molar-refractivity contribution >= 4 is 40.2 Å². The molecule has 5 heteroatoms. The third-order valence-electron chi connectivity index (χ3n) is 4.07. The molecule has 0 saturated heterocycles. The molecule has 1 amide bonds. The van der Waals surface area contributed by atoms with Gasteiger partial charge >= 0.3 is 5.97 Å². The van der Waals surface area contributed by atoms with Crippen molar-refractivity contribution in [2.45, 2.75) is 33.2 Å². The van der Waals surface area contributed by atoms with Crippen LogP contribution in [-0.4, -0.2) is 22.5 Å². The summed E-state index contributed by atoms with van der Waals surface area (Å²) in [5.74, 6) is -0.528. The standard InChI is InChI=1S/C20H22INO3/c1-14-8-7-9-15(2)19(14)22(16(3)20(24)25-13-21)18(23)12-17-10-5-4-6-11-17/h4-11,16H,12-13H2,1-3H3. The van der Waals surface area contributed by atoms with Gasteiger partial charge in [0.15, 0.2) is 0 Å². The molecule has 0 aliphatic rings. The van der Waals surface area contributed by atoms with Crippen molar-refractivity contribution in [3.8, 4) is 0 Å². The van der Waals surface area contributed by atoms with Gasteiger partial charge in [-0.25, -0.2) is 4.79 Å². The minimum absolute atomic E-state index is 0.124. The molecular formula is C20H22INO3. The first-order valence-electron chi connectivity index (χ1n) is 8.10. The number of anilines is 1. The molecule has 0 radical (unpaired) electrons. The van der Waals surface area contributed by atoms with E-state index in [1.165, 1.54) is 0 Å². The van der Waals surface area contributed by atoms with E-state index in [4.69, 9.17) is 4.74 Å². The SMILES string of the molecule is Cc1cccc(C)c1N(C(=O)Cc1ccccc1)C(C)C(=O)OCI. The molecule has 0 saturated carbocycles. The van der Waals surface area contributed by atoms with Crippen LogP contribution in [0.5, 0.6) is 0 Å². The van der Waals surface area contributed by atoms with Gasteiger partial charge in [-0.3, -0.25) is 9.69 Å². The fraction of sp³-hybridized carbons (Fsp3) is 0.300. The van der Waals surface area contributed by atoms with Crippen LogP contribution >= 0.6 is 22.6 Å². The maximum Gasteiger partial charge on any atom is 0.329 e. The van der Waals surface area contributed by atoms with E-state index in [0.717, 1.165) is 22.4 Å². The first-order chi connectivity index (χ1) is 12.0. The van der Waals surface area contributed by atoms with E-state index in [1.54, 1.807) is 11.8 Å². The van der Waals surface area contributed by atoms with Crippen molar-refractivity contribution < 1.29 is 14.3 Å². The summed E-state index contributed by atoms with van der Waals surface area (Å²) < 4.78 is 5.40. The molecule has 2 aromatic carbocycles. The number of carbonyl (C=O) groups excluding carboxylic acids is 2. The van der Waals surface area contributed by atoms with Crippen molar-refractivity contribution in [3.63, 3.8) is 0 Å². The summed E-state index contributed by atoms with van der Waals surface area (Å²) in [7, 11) is 0. The highest BCUT2D eigenvalue weighted by atomic mass is 127. The van der Waals surface area contributed by atoms with E-state index in [-0.39, 0.29) is 16.9 Å². The Morgan fingerprint density at radius 3 is 2.20 bits per heavy atom. The minimum atomic E-state index is -0.689. The van der Waals surface area contributed by atoms with Gasteiger partial charge in [0, 0.05) is 0 Å². The Kier molecular flexibility index (Phi) is 6.99. The number of halogens is 1. The summed E-state index contributed by atoms with van der Waals surface area (Å²) in [5.41, 5.74) is 3.60. The summed E-state index contributed by atoms with van der Waals surface area (Å²) in [6.07, 6.45) is 0.233. The summed E-state index contributed by atoms with van der Waals surface area (Å²) >= 11 is 1.98. The number of hydrogen-bond donors (Lipinski definition) is 0. The fourth-order valence-corrected chi connectivity index (χ4v) is 3.16. The van der Waals surface area contributed by atoms with Gasteiger partial charge in [-0.15, -0.1) is 0 Å². The summed E-state index contributed by atoms with van der Waals surface area (Å²) in [4.78, 5) is 27.0. The molecule has 25 heavy (non-hydrogen) atoms. The number of hydrogen-bond acceptors (Lipinski definition) is 3. The monoisotopic (exact) mass is 451 g/mol. The van der Waals surface area contributed by atoms with Crippen LogP contribution in [-0.2, 0) is 20.7 Å². The minimum Gasteiger partial charge on any atom is -0.453 e. The van der Waals surface area contributed by atoms with Crippen LogP contribution in [0.15, 0.2) is 48.5 Å². The molecule has 0 heterocycles.